The molecule has 3 heterocycles. The van der Waals surface area contributed by atoms with E-state index in [4.69, 9.17) is 9.47 Å². The van der Waals surface area contributed by atoms with Crippen LogP contribution >= 0.6 is 11.3 Å². The summed E-state index contributed by atoms with van der Waals surface area (Å²) in [6, 6.07) is 46.9. The third kappa shape index (κ3) is 3.39. The van der Waals surface area contributed by atoms with Crippen LogP contribution in [0.1, 0.15) is 0 Å². The molecule has 6 aromatic carbocycles. The molecule has 0 unspecified atom stereocenters. The van der Waals surface area contributed by atoms with Gasteiger partial charge in [0.1, 0.15) is 23.0 Å². The summed E-state index contributed by atoms with van der Waals surface area (Å²) in [6.07, 6.45) is 0. The lowest BCUT2D eigenvalue weighted by atomic mass is 9.35. The molecule has 3 nitrogen and oxygen atoms in total. The average molecular weight is 543 g/mol. The monoisotopic (exact) mass is 543 g/mol. The smallest absolute Gasteiger partial charge is 0.260 e. The first-order valence-electron chi connectivity index (χ1n) is 13.8. The van der Waals surface area contributed by atoms with Crippen molar-refractivity contribution >= 4 is 71.7 Å². The number of hydrogen-bond acceptors (Lipinski definition) is 4. The first kappa shape index (κ1) is 22.8. The molecule has 0 atom stereocenters. The number of thiophene rings is 1. The van der Waals surface area contributed by atoms with Crippen LogP contribution in [0.2, 0.25) is 0 Å². The fourth-order valence-electron chi connectivity index (χ4n) is 6.40. The number of nitrogens with zero attached hydrogens (tertiary/aromatic N) is 1. The van der Waals surface area contributed by atoms with Gasteiger partial charge in [0, 0.05) is 38.0 Å². The van der Waals surface area contributed by atoms with Gasteiger partial charge in [-0.2, -0.15) is 0 Å². The molecule has 0 aliphatic carbocycles. The van der Waals surface area contributed by atoms with E-state index < -0.39 is 0 Å². The van der Waals surface area contributed by atoms with Crippen molar-refractivity contribution < 1.29 is 9.47 Å². The highest BCUT2D eigenvalue weighted by molar-refractivity contribution is 7.26. The lowest BCUT2D eigenvalue weighted by molar-refractivity contribution is 0.467. The SMILES string of the molecule is c1ccc(N(c2ccccc2)c2ccc3c(c2)sc2c4c(ccc23)B2c3ccccc3Oc3cccc(c32)O4)cc1. The summed E-state index contributed by atoms with van der Waals surface area (Å²) < 4.78 is 15.4. The van der Waals surface area contributed by atoms with Crippen LogP contribution in [-0.2, 0) is 0 Å². The lowest BCUT2D eigenvalue weighted by Gasteiger charge is -2.32. The Morgan fingerprint density at radius 1 is 0.512 bits per heavy atom. The molecule has 0 saturated carbocycles. The van der Waals surface area contributed by atoms with Crippen LogP contribution in [0.3, 0.4) is 0 Å². The summed E-state index contributed by atoms with van der Waals surface area (Å²) in [5, 5.41) is 2.47. The van der Waals surface area contributed by atoms with Gasteiger partial charge in [-0.15, -0.1) is 11.3 Å². The molecule has 0 N–H and O–H groups in total. The van der Waals surface area contributed by atoms with E-state index in [0.717, 1.165) is 45.5 Å². The molecular weight excluding hydrogens is 521 g/mol. The number of hydrogen-bond donors (Lipinski definition) is 0. The minimum absolute atomic E-state index is 0.0757. The number of benzene rings is 6. The van der Waals surface area contributed by atoms with E-state index in [0.29, 0.717) is 0 Å². The summed E-state index contributed by atoms with van der Waals surface area (Å²) >= 11 is 1.81. The largest absolute Gasteiger partial charge is 0.458 e. The lowest BCUT2D eigenvalue weighted by Crippen LogP contribution is -2.57. The second kappa shape index (κ2) is 8.75. The Hall–Kier alpha value is -5.00. The molecule has 2 aliphatic heterocycles. The van der Waals surface area contributed by atoms with Crippen molar-refractivity contribution in [2.45, 2.75) is 0 Å². The highest BCUT2D eigenvalue weighted by atomic mass is 32.1. The van der Waals surface area contributed by atoms with Gasteiger partial charge in [-0.1, -0.05) is 78.9 Å². The third-order valence-corrected chi connectivity index (χ3v) is 9.35. The van der Waals surface area contributed by atoms with Gasteiger partial charge in [-0.05, 0) is 65.5 Å². The molecule has 0 spiro atoms. The first-order valence-corrected chi connectivity index (χ1v) is 14.6. The Bertz CT molecular complexity index is 2080. The van der Waals surface area contributed by atoms with Gasteiger partial charge in [-0.3, -0.25) is 0 Å². The standard InChI is InChI=1S/C36H22BNO2S/c1-3-10-23(11-4-1)38(24-12-5-2-6-13-24)25-18-19-26-27-20-21-29-35(36(27)41-33(26)22-25)40-32-17-9-16-31-34(32)37(29)28-14-7-8-15-30(28)39-31/h1-22H. The second-order valence-electron chi connectivity index (χ2n) is 10.5. The molecule has 0 radical (unpaired) electrons. The molecule has 5 heteroatoms. The highest BCUT2D eigenvalue weighted by Crippen LogP contribution is 2.45. The summed E-state index contributed by atoms with van der Waals surface area (Å²) in [5.74, 6) is 3.62. The third-order valence-electron chi connectivity index (χ3n) is 8.18. The minimum atomic E-state index is 0.0757. The first-order chi connectivity index (χ1) is 20.3. The summed E-state index contributed by atoms with van der Waals surface area (Å²) in [6.45, 7) is 0.0757. The van der Waals surface area contributed by atoms with E-state index in [1.807, 2.05) is 18.2 Å². The normalized spacial score (nSPS) is 12.7. The molecule has 0 amide bonds. The zero-order valence-corrected chi connectivity index (χ0v) is 22.8. The van der Waals surface area contributed by atoms with Gasteiger partial charge < -0.3 is 14.4 Å². The maximum absolute atomic E-state index is 6.72. The van der Waals surface area contributed by atoms with Crippen molar-refractivity contribution in [3.05, 3.63) is 133 Å². The van der Waals surface area contributed by atoms with Crippen LogP contribution in [0.4, 0.5) is 17.1 Å². The Morgan fingerprint density at radius 2 is 1.17 bits per heavy atom. The summed E-state index contributed by atoms with van der Waals surface area (Å²) in [5.41, 5.74) is 6.87. The molecule has 41 heavy (non-hydrogen) atoms. The Morgan fingerprint density at radius 3 is 1.95 bits per heavy atom. The van der Waals surface area contributed by atoms with Crippen LogP contribution in [0.15, 0.2) is 133 Å². The Labute approximate surface area is 241 Å². The zero-order chi connectivity index (χ0) is 26.9. The molecule has 7 aromatic rings. The Balaban J connectivity index is 1.24. The van der Waals surface area contributed by atoms with Crippen molar-refractivity contribution in [2.24, 2.45) is 0 Å². The van der Waals surface area contributed by atoms with Crippen LogP contribution < -0.4 is 30.8 Å². The van der Waals surface area contributed by atoms with Crippen LogP contribution in [0, 0.1) is 0 Å². The van der Waals surface area contributed by atoms with Crippen molar-refractivity contribution in [2.75, 3.05) is 4.90 Å². The predicted octanol–water partition coefficient (Wildman–Crippen LogP) is 8.25. The van der Waals surface area contributed by atoms with Crippen molar-refractivity contribution in [1.82, 2.24) is 0 Å². The zero-order valence-electron chi connectivity index (χ0n) is 22.0. The summed E-state index contributed by atoms with van der Waals surface area (Å²) in [4.78, 5) is 2.31. The molecule has 0 saturated heterocycles. The van der Waals surface area contributed by atoms with E-state index in [2.05, 4.69) is 120 Å². The van der Waals surface area contributed by atoms with E-state index in [1.54, 1.807) is 11.3 Å². The number of para-hydroxylation sites is 3. The average Bonchev–Trinajstić information content (AvgIpc) is 3.41. The van der Waals surface area contributed by atoms with Gasteiger partial charge in [0.25, 0.3) is 6.71 Å². The van der Waals surface area contributed by atoms with Gasteiger partial charge in [-0.25, -0.2) is 0 Å². The van der Waals surface area contributed by atoms with E-state index in [-0.39, 0.29) is 6.71 Å². The van der Waals surface area contributed by atoms with E-state index in [9.17, 15) is 0 Å². The molecule has 9 rings (SSSR count). The highest BCUT2D eigenvalue weighted by Gasteiger charge is 2.40. The number of rotatable bonds is 3. The van der Waals surface area contributed by atoms with Crippen molar-refractivity contribution in [3.8, 4) is 23.0 Å². The molecule has 1 aromatic heterocycles. The number of ether oxygens (including phenoxy) is 2. The van der Waals surface area contributed by atoms with Gasteiger partial charge in [0.15, 0.2) is 0 Å². The van der Waals surface area contributed by atoms with E-state index >= 15 is 0 Å². The molecule has 0 fully saturated rings. The molecule has 192 valence electrons. The molecular formula is C36H22BNO2S. The van der Waals surface area contributed by atoms with E-state index in [1.165, 1.54) is 31.1 Å². The van der Waals surface area contributed by atoms with Crippen LogP contribution in [0.25, 0.3) is 20.2 Å². The predicted molar refractivity (Wildman–Crippen MR) is 172 cm³/mol. The van der Waals surface area contributed by atoms with Crippen molar-refractivity contribution in [3.63, 3.8) is 0 Å². The van der Waals surface area contributed by atoms with Crippen molar-refractivity contribution in [1.29, 1.82) is 0 Å². The van der Waals surface area contributed by atoms with Crippen LogP contribution in [0.5, 0.6) is 23.0 Å². The maximum Gasteiger partial charge on any atom is 0.260 e. The van der Waals surface area contributed by atoms with Crippen LogP contribution in [-0.4, -0.2) is 6.71 Å². The quantitative estimate of drug-likeness (QED) is 0.210. The minimum Gasteiger partial charge on any atom is -0.458 e. The molecule has 0 bridgehead atoms. The topological polar surface area (TPSA) is 21.7 Å². The maximum atomic E-state index is 6.72. The number of fused-ring (bicyclic) bond motifs is 8. The van der Waals surface area contributed by atoms with Gasteiger partial charge in [0.05, 0.1) is 4.70 Å². The second-order valence-corrected chi connectivity index (χ2v) is 11.5. The van der Waals surface area contributed by atoms with Gasteiger partial charge >= 0.3 is 0 Å². The number of anilines is 3. The fourth-order valence-corrected chi connectivity index (χ4v) is 7.63. The Kier molecular flexibility index (Phi) is 4.86. The molecule has 2 aliphatic rings. The fraction of sp³-hybridized carbons (Fsp3) is 0. The van der Waals surface area contributed by atoms with Gasteiger partial charge in [0.2, 0.25) is 0 Å². The summed E-state index contributed by atoms with van der Waals surface area (Å²) in [7, 11) is 0.